The smallest absolute Gasteiger partial charge is 0.328 e. The molecular weight excluding hydrogens is 134 g/mol. The standard InChI is InChI=1S/C6H5NO3/c8-6(9)2-1-5-3-7-10-4-5/h1-4H,(H,8,9)/b2-1+. The molecule has 0 saturated heterocycles. The van der Waals surface area contributed by atoms with Gasteiger partial charge in [0.15, 0.2) is 0 Å². The second-order valence-electron chi connectivity index (χ2n) is 1.63. The first-order valence-electron chi connectivity index (χ1n) is 2.59. The van der Waals surface area contributed by atoms with Gasteiger partial charge in [-0.05, 0) is 6.08 Å². The monoisotopic (exact) mass is 139 g/mol. The number of hydrogen-bond donors (Lipinski definition) is 1. The summed E-state index contributed by atoms with van der Waals surface area (Å²) < 4.78 is 4.45. The fraction of sp³-hybridized carbons (Fsp3) is 0. The van der Waals surface area contributed by atoms with E-state index in [0.29, 0.717) is 5.56 Å². The Morgan fingerprint density at radius 3 is 3.10 bits per heavy atom. The van der Waals surface area contributed by atoms with Gasteiger partial charge >= 0.3 is 5.97 Å². The molecule has 52 valence electrons. The Bertz CT molecular complexity index is 238. The molecule has 0 radical (unpaired) electrons. The molecule has 0 aliphatic heterocycles. The molecule has 1 aromatic rings. The number of carboxylic acids is 1. The van der Waals surface area contributed by atoms with E-state index < -0.39 is 5.97 Å². The molecule has 1 heterocycles. The second-order valence-corrected chi connectivity index (χ2v) is 1.63. The first-order chi connectivity index (χ1) is 4.79. The van der Waals surface area contributed by atoms with Gasteiger partial charge in [-0.3, -0.25) is 0 Å². The molecule has 0 fully saturated rings. The zero-order chi connectivity index (χ0) is 7.40. The third kappa shape index (κ3) is 1.74. The molecule has 0 aromatic carbocycles. The molecule has 4 heteroatoms. The minimum Gasteiger partial charge on any atom is -0.478 e. The number of aromatic nitrogens is 1. The van der Waals surface area contributed by atoms with E-state index in [1.807, 2.05) is 0 Å². The summed E-state index contributed by atoms with van der Waals surface area (Å²) in [7, 11) is 0. The number of hydrogen-bond acceptors (Lipinski definition) is 3. The van der Waals surface area contributed by atoms with E-state index in [4.69, 9.17) is 5.11 Å². The van der Waals surface area contributed by atoms with Crippen LogP contribution in [0.1, 0.15) is 5.56 Å². The zero-order valence-corrected chi connectivity index (χ0v) is 5.02. The largest absolute Gasteiger partial charge is 0.478 e. The van der Waals surface area contributed by atoms with Crippen LogP contribution in [-0.2, 0) is 4.79 Å². The highest BCUT2D eigenvalue weighted by Gasteiger charge is 1.89. The molecular formula is C6H5NO3. The molecule has 0 unspecified atom stereocenters. The summed E-state index contributed by atoms with van der Waals surface area (Å²) in [6, 6.07) is 0. The average Bonchev–Trinajstić information content (AvgIpc) is 2.34. The first kappa shape index (κ1) is 6.54. The molecule has 0 saturated carbocycles. The van der Waals surface area contributed by atoms with Crippen molar-refractivity contribution in [1.29, 1.82) is 0 Å². The van der Waals surface area contributed by atoms with Gasteiger partial charge in [0.05, 0.1) is 6.20 Å². The lowest BCUT2D eigenvalue weighted by molar-refractivity contribution is -0.131. The lowest BCUT2D eigenvalue weighted by Gasteiger charge is -1.76. The normalized spacial score (nSPS) is 10.4. The van der Waals surface area contributed by atoms with Gasteiger partial charge in [0.1, 0.15) is 6.26 Å². The van der Waals surface area contributed by atoms with Crippen LogP contribution in [0.5, 0.6) is 0 Å². The van der Waals surface area contributed by atoms with Crippen LogP contribution in [0.4, 0.5) is 0 Å². The highest BCUT2D eigenvalue weighted by atomic mass is 16.5. The molecule has 1 N–H and O–H groups in total. The highest BCUT2D eigenvalue weighted by molar-refractivity contribution is 5.85. The van der Waals surface area contributed by atoms with Crippen molar-refractivity contribution in [1.82, 2.24) is 5.16 Å². The minimum absolute atomic E-state index is 0.641. The lowest BCUT2D eigenvalue weighted by Crippen LogP contribution is -1.84. The Hall–Kier alpha value is -1.58. The molecule has 0 atom stereocenters. The van der Waals surface area contributed by atoms with E-state index in [1.165, 1.54) is 18.5 Å². The van der Waals surface area contributed by atoms with Gasteiger partial charge in [0.25, 0.3) is 0 Å². The predicted molar refractivity (Wildman–Crippen MR) is 33.2 cm³/mol. The van der Waals surface area contributed by atoms with E-state index in [2.05, 4.69) is 9.68 Å². The van der Waals surface area contributed by atoms with Crippen molar-refractivity contribution in [2.75, 3.05) is 0 Å². The Kier molecular flexibility index (Phi) is 1.84. The molecule has 10 heavy (non-hydrogen) atoms. The molecule has 0 aliphatic carbocycles. The summed E-state index contributed by atoms with van der Waals surface area (Å²) in [6.07, 6.45) is 5.21. The van der Waals surface area contributed by atoms with Gasteiger partial charge in [0, 0.05) is 11.6 Å². The predicted octanol–water partition coefficient (Wildman–Crippen LogP) is 0.772. The van der Waals surface area contributed by atoms with Crippen LogP contribution >= 0.6 is 0 Å². The van der Waals surface area contributed by atoms with E-state index in [0.717, 1.165) is 6.08 Å². The number of carboxylic acid groups (broad SMARTS) is 1. The minimum atomic E-state index is -0.985. The third-order valence-corrected chi connectivity index (χ3v) is 0.870. The number of aliphatic carboxylic acids is 1. The number of nitrogens with zero attached hydrogens (tertiary/aromatic N) is 1. The Morgan fingerprint density at radius 2 is 2.60 bits per heavy atom. The lowest BCUT2D eigenvalue weighted by atomic mass is 10.3. The second kappa shape index (κ2) is 2.82. The van der Waals surface area contributed by atoms with Crippen LogP contribution in [0.25, 0.3) is 6.08 Å². The molecule has 1 aromatic heterocycles. The first-order valence-corrected chi connectivity index (χ1v) is 2.59. The Labute approximate surface area is 56.8 Å². The molecule has 1 rings (SSSR count). The van der Waals surface area contributed by atoms with Crippen LogP contribution in [0.3, 0.4) is 0 Å². The molecule has 4 nitrogen and oxygen atoms in total. The average molecular weight is 139 g/mol. The van der Waals surface area contributed by atoms with Crippen LogP contribution in [0.2, 0.25) is 0 Å². The van der Waals surface area contributed by atoms with Gasteiger partial charge in [-0.15, -0.1) is 0 Å². The molecule has 0 bridgehead atoms. The summed E-state index contributed by atoms with van der Waals surface area (Å²) in [5.74, 6) is -0.985. The van der Waals surface area contributed by atoms with Gasteiger partial charge in [-0.2, -0.15) is 0 Å². The van der Waals surface area contributed by atoms with Crippen molar-refractivity contribution in [3.05, 3.63) is 24.1 Å². The maximum atomic E-state index is 9.96. The maximum absolute atomic E-state index is 9.96. The van der Waals surface area contributed by atoms with E-state index >= 15 is 0 Å². The summed E-state index contributed by atoms with van der Waals surface area (Å²) in [5, 5.41) is 11.6. The topological polar surface area (TPSA) is 63.3 Å². The van der Waals surface area contributed by atoms with E-state index in [1.54, 1.807) is 0 Å². The van der Waals surface area contributed by atoms with Gasteiger partial charge in [-0.25, -0.2) is 4.79 Å². The maximum Gasteiger partial charge on any atom is 0.328 e. The van der Waals surface area contributed by atoms with Crippen molar-refractivity contribution < 1.29 is 14.4 Å². The van der Waals surface area contributed by atoms with Gasteiger partial charge in [0.2, 0.25) is 0 Å². The van der Waals surface area contributed by atoms with Crippen LogP contribution < -0.4 is 0 Å². The zero-order valence-electron chi connectivity index (χ0n) is 5.02. The molecule has 0 spiro atoms. The molecule has 0 aliphatic rings. The van der Waals surface area contributed by atoms with Crippen molar-refractivity contribution >= 4 is 12.0 Å². The Balaban J connectivity index is 2.64. The van der Waals surface area contributed by atoms with Gasteiger partial charge in [-0.1, -0.05) is 5.16 Å². The van der Waals surface area contributed by atoms with Crippen molar-refractivity contribution in [3.8, 4) is 0 Å². The summed E-state index contributed by atoms with van der Waals surface area (Å²) in [4.78, 5) is 9.96. The van der Waals surface area contributed by atoms with Crippen LogP contribution in [0.15, 0.2) is 23.1 Å². The number of carbonyl (C=O) groups is 1. The summed E-state index contributed by atoms with van der Waals surface area (Å²) in [5.41, 5.74) is 0.641. The van der Waals surface area contributed by atoms with Crippen molar-refractivity contribution in [2.45, 2.75) is 0 Å². The summed E-state index contributed by atoms with van der Waals surface area (Å²) in [6.45, 7) is 0. The van der Waals surface area contributed by atoms with Gasteiger partial charge < -0.3 is 9.63 Å². The third-order valence-electron chi connectivity index (χ3n) is 0.870. The fourth-order valence-corrected chi connectivity index (χ4v) is 0.463. The van der Waals surface area contributed by atoms with E-state index in [-0.39, 0.29) is 0 Å². The van der Waals surface area contributed by atoms with Crippen LogP contribution in [0, 0.1) is 0 Å². The van der Waals surface area contributed by atoms with Crippen LogP contribution in [-0.4, -0.2) is 16.2 Å². The summed E-state index contributed by atoms with van der Waals surface area (Å²) >= 11 is 0. The molecule has 0 amide bonds. The van der Waals surface area contributed by atoms with E-state index in [9.17, 15) is 4.79 Å². The van der Waals surface area contributed by atoms with Crippen molar-refractivity contribution in [2.24, 2.45) is 0 Å². The Morgan fingerprint density at radius 1 is 1.80 bits per heavy atom. The van der Waals surface area contributed by atoms with Crippen molar-refractivity contribution in [3.63, 3.8) is 0 Å². The SMILES string of the molecule is O=C(O)/C=C/c1cnoc1. The fourth-order valence-electron chi connectivity index (χ4n) is 0.463. The number of rotatable bonds is 2. The highest BCUT2D eigenvalue weighted by Crippen LogP contribution is 1.98. The quantitative estimate of drug-likeness (QED) is 0.614.